The van der Waals surface area contributed by atoms with Crippen LogP contribution in [0.15, 0.2) is 18.2 Å². The van der Waals surface area contributed by atoms with E-state index in [1.807, 2.05) is 20.8 Å². The Hall–Kier alpha value is -2.04. The number of aryl methyl sites for hydroxylation is 1. The van der Waals surface area contributed by atoms with Crippen molar-refractivity contribution in [2.24, 2.45) is 11.7 Å². The molecule has 0 aliphatic heterocycles. The first kappa shape index (κ1) is 15.0. The van der Waals surface area contributed by atoms with Crippen LogP contribution in [0.4, 0.5) is 5.69 Å². The van der Waals surface area contributed by atoms with Crippen LogP contribution in [0.5, 0.6) is 0 Å². The minimum atomic E-state index is -0.512. The highest BCUT2D eigenvalue weighted by atomic mass is 16.2. The topological polar surface area (TPSA) is 89.4 Å². The maximum absolute atomic E-state index is 12.4. The third-order valence-electron chi connectivity index (χ3n) is 2.70. The third kappa shape index (κ3) is 4.28. The van der Waals surface area contributed by atoms with Gasteiger partial charge in [0.1, 0.15) is 0 Å². The fraction of sp³-hybridized carbons (Fsp3) is 0.429. The largest absolute Gasteiger partial charge is 0.399 e. The number of nitrogens with two attached hydrogens (primary N) is 2. The quantitative estimate of drug-likeness (QED) is 0.781. The van der Waals surface area contributed by atoms with Crippen molar-refractivity contribution in [1.29, 1.82) is 0 Å². The summed E-state index contributed by atoms with van der Waals surface area (Å²) < 4.78 is 0. The molecule has 5 heteroatoms. The Bertz CT molecular complexity index is 484. The summed E-state index contributed by atoms with van der Waals surface area (Å²) in [5.74, 6) is -0.440. The molecule has 5 nitrogen and oxygen atoms in total. The monoisotopic (exact) mass is 263 g/mol. The zero-order valence-corrected chi connectivity index (χ0v) is 11.6. The van der Waals surface area contributed by atoms with Gasteiger partial charge in [-0.1, -0.05) is 13.8 Å². The van der Waals surface area contributed by atoms with Crippen molar-refractivity contribution in [1.82, 2.24) is 4.90 Å². The summed E-state index contributed by atoms with van der Waals surface area (Å²) in [7, 11) is 0. The van der Waals surface area contributed by atoms with E-state index in [1.54, 1.807) is 18.2 Å². The zero-order chi connectivity index (χ0) is 14.6. The normalized spacial score (nSPS) is 10.5. The second-order valence-electron chi connectivity index (χ2n) is 5.12. The van der Waals surface area contributed by atoms with Crippen molar-refractivity contribution in [2.75, 3.05) is 18.8 Å². The van der Waals surface area contributed by atoms with Crippen molar-refractivity contribution >= 4 is 17.5 Å². The minimum absolute atomic E-state index is 0.0686. The van der Waals surface area contributed by atoms with Crippen molar-refractivity contribution in [3.05, 3.63) is 29.3 Å². The molecule has 0 fully saturated rings. The van der Waals surface area contributed by atoms with Gasteiger partial charge in [-0.3, -0.25) is 9.59 Å². The number of primary amides is 1. The summed E-state index contributed by atoms with van der Waals surface area (Å²) in [6.45, 7) is 6.21. The molecular weight excluding hydrogens is 242 g/mol. The zero-order valence-electron chi connectivity index (χ0n) is 11.6. The second kappa shape index (κ2) is 6.22. The first-order chi connectivity index (χ1) is 8.81. The lowest BCUT2D eigenvalue weighted by molar-refractivity contribution is -0.118. The predicted molar refractivity (Wildman–Crippen MR) is 75.5 cm³/mol. The van der Waals surface area contributed by atoms with Gasteiger partial charge in [0.2, 0.25) is 5.91 Å². The molecule has 0 aromatic heterocycles. The molecule has 1 rings (SSSR count). The lowest BCUT2D eigenvalue weighted by atomic mass is 10.1. The molecule has 1 aromatic carbocycles. The van der Waals surface area contributed by atoms with Crippen molar-refractivity contribution < 1.29 is 9.59 Å². The van der Waals surface area contributed by atoms with E-state index in [0.29, 0.717) is 17.8 Å². The summed E-state index contributed by atoms with van der Waals surface area (Å²) >= 11 is 0. The number of amides is 2. The second-order valence-corrected chi connectivity index (χ2v) is 5.12. The Morgan fingerprint density at radius 3 is 2.42 bits per heavy atom. The van der Waals surface area contributed by atoms with Crippen molar-refractivity contribution in [3.63, 3.8) is 0 Å². The van der Waals surface area contributed by atoms with Gasteiger partial charge in [0.15, 0.2) is 0 Å². The number of nitrogen functional groups attached to an aromatic ring is 1. The molecule has 0 heterocycles. The van der Waals surface area contributed by atoms with Crippen LogP contribution in [0.25, 0.3) is 0 Å². The summed E-state index contributed by atoms with van der Waals surface area (Å²) in [5.41, 5.74) is 12.8. The Balaban J connectivity index is 3.00. The van der Waals surface area contributed by atoms with Gasteiger partial charge in [0.25, 0.3) is 5.91 Å². The van der Waals surface area contributed by atoms with Crippen molar-refractivity contribution in [3.8, 4) is 0 Å². The molecule has 2 amide bonds. The summed E-state index contributed by atoms with van der Waals surface area (Å²) in [5, 5.41) is 0. The van der Waals surface area contributed by atoms with E-state index in [-0.39, 0.29) is 18.4 Å². The highest BCUT2D eigenvalue weighted by Gasteiger charge is 2.20. The average Bonchev–Trinajstić information content (AvgIpc) is 2.26. The number of nitrogens with zero attached hydrogens (tertiary/aromatic N) is 1. The highest BCUT2D eigenvalue weighted by molar-refractivity contribution is 5.97. The van der Waals surface area contributed by atoms with E-state index in [1.165, 1.54) is 4.90 Å². The van der Waals surface area contributed by atoms with Gasteiger partial charge in [-0.25, -0.2) is 0 Å². The van der Waals surface area contributed by atoms with E-state index in [9.17, 15) is 9.59 Å². The lowest BCUT2D eigenvalue weighted by Gasteiger charge is -2.24. The van der Waals surface area contributed by atoms with E-state index in [2.05, 4.69) is 0 Å². The Morgan fingerprint density at radius 2 is 1.95 bits per heavy atom. The third-order valence-corrected chi connectivity index (χ3v) is 2.70. The van der Waals surface area contributed by atoms with Gasteiger partial charge in [-0.05, 0) is 36.6 Å². The molecule has 19 heavy (non-hydrogen) atoms. The molecule has 0 saturated heterocycles. The maximum Gasteiger partial charge on any atom is 0.254 e. The van der Waals surface area contributed by atoms with E-state index in [4.69, 9.17) is 11.5 Å². The predicted octanol–water partition coefficient (Wildman–Crippen LogP) is 1.16. The van der Waals surface area contributed by atoms with Crippen LogP contribution in [0.3, 0.4) is 0 Å². The van der Waals surface area contributed by atoms with Gasteiger partial charge < -0.3 is 16.4 Å². The molecule has 0 unspecified atom stereocenters. The molecule has 0 bridgehead atoms. The standard InChI is InChI=1S/C14H21N3O2/c1-9(2)7-17(8-13(16)18)14(19)12-5-4-11(15)6-10(12)3/h4-6,9H,7-8,15H2,1-3H3,(H2,16,18). The number of carbonyl (C=O) groups is 2. The van der Waals surface area contributed by atoms with Gasteiger partial charge in [-0.15, -0.1) is 0 Å². The first-order valence-electron chi connectivity index (χ1n) is 6.25. The number of hydrogen-bond acceptors (Lipinski definition) is 3. The molecule has 0 aliphatic rings. The van der Waals surface area contributed by atoms with Crippen LogP contribution in [0, 0.1) is 12.8 Å². The van der Waals surface area contributed by atoms with Gasteiger partial charge >= 0.3 is 0 Å². The van der Waals surface area contributed by atoms with E-state index >= 15 is 0 Å². The van der Waals surface area contributed by atoms with Crippen LogP contribution in [-0.2, 0) is 4.79 Å². The smallest absolute Gasteiger partial charge is 0.254 e. The van der Waals surface area contributed by atoms with E-state index in [0.717, 1.165) is 5.56 Å². The minimum Gasteiger partial charge on any atom is -0.399 e. The number of benzene rings is 1. The molecule has 0 atom stereocenters. The molecule has 1 aromatic rings. The lowest BCUT2D eigenvalue weighted by Crippen LogP contribution is -2.40. The SMILES string of the molecule is Cc1cc(N)ccc1C(=O)N(CC(N)=O)CC(C)C. The molecule has 104 valence electrons. The first-order valence-corrected chi connectivity index (χ1v) is 6.25. The average molecular weight is 263 g/mol. The number of carbonyl (C=O) groups excluding carboxylic acids is 2. The summed E-state index contributed by atoms with van der Waals surface area (Å²) in [6, 6.07) is 5.10. The number of rotatable bonds is 5. The number of anilines is 1. The van der Waals surface area contributed by atoms with Crippen molar-refractivity contribution in [2.45, 2.75) is 20.8 Å². The summed E-state index contributed by atoms with van der Waals surface area (Å²) in [4.78, 5) is 25.0. The molecule has 0 aliphatic carbocycles. The molecule has 4 N–H and O–H groups in total. The molecule has 0 spiro atoms. The molecule has 0 radical (unpaired) electrons. The van der Waals surface area contributed by atoms with Gasteiger partial charge in [0, 0.05) is 17.8 Å². The molecular formula is C14H21N3O2. The number of hydrogen-bond donors (Lipinski definition) is 2. The maximum atomic E-state index is 12.4. The molecule has 0 saturated carbocycles. The fourth-order valence-electron chi connectivity index (χ4n) is 1.95. The van der Waals surface area contributed by atoms with E-state index < -0.39 is 5.91 Å². The highest BCUT2D eigenvalue weighted by Crippen LogP contribution is 2.15. The van der Waals surface area contributed by atoms with Gasteiger partial charge in [0.05, 0.1) is 6.54 Å². The van der Waals surface area contributed by atoms with Crippen LogP contribution in [0.1, 0.15) is 29.8 Å². The fourth-order valence-corrected chi connectivity index (χ4v) is 1.95. The van der Waals surface area contributed by atoms with Gasteiger partial charge in [-0.2, -0.15) is 0 Å². The van der Waals surface area contributed by atoms with Crippen LogP contribution in [0.2, 0.25) is 0 Å². The summed E-state index contributed by atoms with van der Waals surface area (Å²) in [6.07, 6.45) is 0. The Morgan fingerprint density at radius 1 is 1.32 bits per heavy atom. The Kier molecular flexibility index (Phi) is 4.92. The van der Waals surface area contributed by atoms with Crippen LogP contribution >= 0.6 is 0 Å². The Labute approximate surface area is 113 Å². The van der Waals surface area contributed by atoms with Crippen LogP contribution < -0.4 is 11.5 Å². The van der Waals surface area contributed by atoms with Crippen LogP contribution in [-0.4, -0.2) is 29.8 Å².